The Kier molecular flexibility index (Phi) is 7.32. The first-order valence-corrected chi connectivity index (χ1v) is 10.6. The third-order valence-electron chi connectivity index (χ3n) is 4.31. The van der Waals surface area contributed by atoms with Crippen LogP contribution in [0.4, 0.5) is 0 Å². The summed E-state index contributed by atoms with van der Waals surface area (Å²) in [6, 6.07) is 0. The summed E-state index contributed by atoms with van der Waals surface area (Å²) in [5, 5.41) is 6.68. The van der Waals surface area contributed by atoms with Crippen molar-refractivity contribution in [1.82, 2.24) is 10.6 Å². The predicted molar refractivity (Wildman–Crippen MR) is 106 cm³/mol. The van der Waals surface area contributed by atoms with Gasteiger partial charge in [0.05, 0.1) is 5.75 Å². The Morgan fingerprint density at radius 3 is 2.32 bits per heavy atom. The zero-order valence-electron chi connectivity index (χ0n) is 13.6. The molecular weight excluding hydrogens is 433 g/mol. The maximum atomic E-state index is 11.5. The molecular formula is C14H28IN3O2S2. The maximum absolute atomic E-state index is 11.5. The van der Waals surface area contributed by atoms with Crippen molar-refractivity contribution in [3.8, 4) is 0 Å². The Bertz CT molecular complexity index is 498. The van der Waals surface area contributed by atoms with Crippen molar-refractivity contribution >= 4 is 51.5 Å². The van der Waals surface area contributed by atoms with Crippen LogP contribution in [0.25, 0.3) is 0 Å². The van der Waals surface area contributed by atoms with Crippen molar-refractivity contribution in [3.63, 3.8) is 0 Å². The van der Waals surface area contributed by atoms with E-state index >= 15 is 0 Å². The smallest absolute Gasteiger partial charge is 0.191 e. The van der Waals surface area contributed by atoms with Gasteiger partial charge in [-0.1, -0.05) is 0 Å². The minimum Gasteiger partial charge on any atom is -0.356 e. The number of sulfone groups is 1. The first kappa shape index (κ1) is 20.3. The summed E-state index contributed by atoms with van der Waals surface area (Å²) in [4.78, 5) is 4.24. The van der Waals surface area contributed by atoms with Gasteiger partial charge in [0.15, 0.2) is 5.96 Å². The number of nitrogens with zero attached hydrogens (tertiary/aromatic N) is 1. The highest BCUT2D eigenvalue weighted by Gasteiger charge is 2.45. The van der Waals surface area contributed by atoms with E-state index in [4.69, 9.17) is 0 Å². The van der Waals surface area contributed by atoms with E-state index in [0.717, 1.165) is 25.3 Å². The van der Waals surface area contributed by atoms with E-state index in [1.807, 2.05) is 11.8 Å². The second-order valence-corrected chi connectivity index (χ2v) is 10.6. The van der Waals surface area contributed by atoms with Gasteiger partial charge in [-0.05, 0) is 38.4 Å². The van der Waals surface area contributed by atoms with E-state index in [9.17, 15) is 8.42 Å². The predicted octanol–water partition coefficient (Wildman–Crippen LogP) is 1.88. The molecule has 0 aromatic rings. The summed E-state index contributed by atoms with van der Waals surface area (Å²) in [7, 11) is -1.15. The Hall–Kier alpha value is 0.300. The van der Waals surface area contributed by atoms with Crippen molar-refractivity contribution in [1.29, 1.82) is 0 Å². The largest absolute Gasteiger partial charge is 0.356 e. The van der Waals surface area contributed by atoms with Gasteiger partial charge in [-0.3, -0.25) is 4.99 Å². The molecule has 0 aromatic heterocycles. The molecule has 1 aliphatic heterocycles. The maximum Gasteiger partial charge on any atom is 0.191 e. The van der Waals surface area contributed by atoms with Crippen LogP contribution in [-0.2, 0) is 9.84 Å². The molecule has 0 radical (unpaired) electrons. The van der Waals surface area contributed by atoms with Crippen molar-refractivity contribution in [2.75, 3.05) is 37.9 Å². The molecule has 0 spiro atoms. The molecule has 0 amide bonds. The molecule has 2 N–H and O–H groups in total. The molecule has 22 heavy (non-hydrogen) atoms. The van der Waals surface area contributed by atoms with Crippen LogP contribution in [-0.4, -0.2) is 57.0 Å². The van der Waals surface area contributed by atoms with E-state index in [0.29, 0.717) is 11.3 Å². The highest BCUT2D eigenvalue weighted by Crippen LogP contribution is 2.46. The summed E-state index contributed by atoms with van der Waals surface area (Å²) in [5.41, 5.74) is -0.0722. The van der Waals surface area contributed by atoms with Crippen LogP contribution in [0.3, 0.4) is 0 Å². The number of halogens is 1. The number of hydrogen-bond acceptors (Lipinski definition) is 4. The van der Waals surface area contributed by atoms with Crippen molar-refractivity contribution in [2.45, 2.75) is 37.4 Å². The quantitative estimate of drug-likeness (QED) is 0.359. The SMILES string of the molecule is CN=C(NCC1(CS(C)(=O)=O)CC1)NCC1(C)CCCS1.I. The molecule has 1 heterocycles. The zero-order chi connectivity index (χ0) is 15.6. The van der Waals surface area contributed by atoms with Gasteiger partial charge in [-0.2, -0.15) is 11.8 Å². The van der Waals surface area contributed by atoms with Crippen molar-refractivity contribution in [3.05, 3.63) is 0 Å². The third kappa shape index (κ3) is 6.43. The van der Waals surface area contributed by atoms with Crippen LogP contribution < -0.4 is 10.6 Å². The topological polar surface area (TPSA) is 70.6 Å². The summed E-state index contributed by atoms with van der Waals surface area (Å²) in [6.07, 6.45) is 5.81. The van der Waals surface area contributed by atoms with Crippen LogP contribution >= 0.6 is 35.7 Å². The number of guanidine groups is 1. The van der Waals surface area contributed by atoms with Crippen molar-refractivity contribution in [2.24, 2.45) is 10.4 Å². The van der Waals surface area contributed by atoms with Crippen LogP contribution in [0, 0.1) is 5.41 Å². The molecule has 130 valence electrons. The molecule has 1 saturated heterocycles. The monoisotopic (exact) mass is 461 g/mol. The Labute approximate surface area is 155 Å². The number of rotatable bonds is 6. The molecule has 5 nitrogen and oxygen atoms in total. The fourth-order valence-corrected chi connectivity index (χ4v) is 5.59. The minimum atomic E-state index is -2.91. The summed E-state index contributed by atoms with van der Waals surface area (Å²) in [5.74, 6) is 2.29. The molecule has 8 heteroatoms. The van der Waals surface area contributed by atoms with Gasteiger partial charge in [0.1, 0.15) is 9.84 Å². The molecule has 2 fully saturated rings. The summed E-state index contributed by atoms with van der Waals surface area (Å²) >= 11 is 2.02. The van der Waals surface area contributed by atoms with Crippen LogP contribution in [0.2, 0.25) is 0 Å². The van der Waals surface area contributed by atoms with E-state index in [1.165, 1.54) is 24.9 Å². The average molecular weight is 461 g/mol. The second kappa shape index (κ2) is 7.92. The molecule has 1 aliphatic carbocycles. The fraction of sp³-hybridized carbons (Fsp3) is 0.929. The van der Waals surface area contributed by atoms with Crippen LogP contribution in [0.15, 0.2) is 4.99 Å². The van der Waals surface area contributed by atoms with Crippen LogP contribution in [0.1, 0.15) is 32.6 Å². The zero-order valence-corrected chi connectivity index (χ0v) is 17.6. The van der Waals surface area contributed by atoms with E-state index in [1.54, 1.807) is 7.05 Å². The summed E-state index contributed by atoms with van der Waals surface area (Å²) < 4.78 is 23.2. The van der Waals surface area contributed by atoms with Gasteiger partial charge in [0.25, 0.3) is 0 Å². The minimum absolute atomic E-state index is 0. The molecule has 0 bridgehead atoms. The van der Waals surface area contributed by atoms with Crippen LogP contribution in [0.5, 0.6) is 0 Å². The molecule has 1 unspecified atom stereocenters. The molecule has 1 saturated carbocycles. The van der Waals surface area contributed by atoms with Gasteiger partial charge < -0.3 is 10.6 Å². The molecule has 2 rings (SSSR count). The van der Waals surface area contributed by atoms with Gasteiger partial charge in [-0.25, -0.2) is 8.42 Å². The van der Waals surface area contributed by atoms with E-state index < -0.39 is 9.84 Å². The standard InChI is InChI=1S/C14H27N3O2S2.HI/c1-13(5-4-8-20-13)9-16-12(15-2)17-10-14(6-7-14)11-21(3,18)19;/h4-11H2,1-3H3,(H2,15,16,17);1H. The first-order chi connectivity index (χ1) is 9.76. The van der Waals surface area contributed by atoms with Gasteiger partial charge in [-0.15, -0.1) is 24.0 Å². The second-order valence-electron chi connectivity index (χ2n) is 6.75. The lowest BCUT2D eigenvalue weighted by Crippen LogP contribution is -2.45. The third-order valence-corrected chi connectivity index (χ3v) is 6.99. The lowest BCUT2D eigenvalue weighted by atomic mass is 10.1. The lowest BCUT2D eigenvalue weighted by molar-refractivity contribution is 0.525. The number of hydrogen-bond donors (Lipinski definition) is 2. The number of thioether (sulfide) groups is 1. The fourth-order valence-electron chi connectivity index (χ4n) is 2.84. The number of nitrogens with one attached hydrogen (secondary N) is 2. The molecule has 1 atom stereocenters. The highest BCUT2D eigenvalue weighted by atomic mass is 127. The normalized spacial score (nSPS) is 27.1. The van der Waals surface area contributed by atoms with Crippen molar-refractivity contribution < 1.29 is 8.42 Å². The van der Waals surface area contributed by atoms with Gasteiger partial charge >= 0.3 is 0 Å². The van der Waals surface area contributed by atoms with E-state index in [-0.39, 0.29) is 35.1 Å². The Morgan fingerprint density at radius 1 is 1.23 bits per heavy atom. The van der Waals surface area contributed by atoms with Gasteiger partial charge in [0, 0.05) is 36.6 Å². The first-order valence-electron chi connectivity index (χ1n) is 7.52. The highest BCUT2D eigenvalue weighted by molar-refractivity contribution is 14.0. The lowest BCUT2D eigenvalue weighted by Gasteiger charge is -2.25. The molecule has 0 aromatic carbocycles. The number of aliphatic imine (C=N–C) groups is 1. The average Bonchev–Trinajstić information content (AvgIpc) is 2.98. The summed E-state index contributed by atoms with van der Waals surface area (Å²) in [6.45, 7) is 3.87. The van der Waals surface area contributed by atoms with Gasteiger partial charge in [0.2, 0.25) is 0 Å². The Morgan fingerprint density at radius 2 is 1.86 bits per heavy atom. The Balaban J connectivity index is 0.00000242. The molecule has 2 aliphatic rings. The van der Waals surface area contributed by atoms with E-state index in [2.05, 4.69) is 22.5 Å².